The summed E-state index contributed by atoms with van der Waals surface area (Å²) in [7, 11) is 0. The molecule has 0 saturated carbocycles. The van der Waals surface area contributed by atoms with E-state index in [2.05, 4.69) is 4.98 Å². The van der Waals surface area contributed by atoms with Crippen LogP contribution in [0.25, 0.3) is 0 Å². The molecule has 1 N–H and O–H groups in total. The standard InChI is InChI=1S/C13H16ClN3O3/c14-10-2-1-5-15-13(10)17-8-6-16(7-9-17)11(18)3-4-12(19)20/h1-2,5H,3-4,6-9H2,(H,19,20). The van der Waals surface area contributed by atoms with Gasteiger partial charge >= 0.3 is 5.97 Å². The van der Waals surface area contributed by atoms with E-state index in [1.807, 2.05) is 4.90 Å². The largest absolute Gasteiger partial charge is 0.481 e. The number of rotatable bonds is 4. The normalized spacial score (nSPS) is 15.2. The second-order valence-corrected chi connectivity index (χ2v) is 4.98. The second-order valence-electron chi connectivity index (χ2n) is 4.57. The van der Waals surface area contributed by atoms with Gasteiger partial charge in [-0.3, -0.25) is 9.59 Å². The number of pyridine rings is 1. The summed E-state index contributed by atoms with van der Waals surface area (Å²) in [6.07, 6.45) is 1.62. The quantitative estimate of drug-likeness (QED) is 0.905. The summed E-state index contributed by atoms with van der Waals surface area (Å²) in [5.74, 6) is -0.330. The van der Waals surface area contributed by atoms with Crippen LogP contribution in [0, 0.1) is 0 Å². The number of amides is 1. The lowest BCUT2D eigenvalue weighted by Crippen LogP contribution is -2.49. The number of nitrogens with zero attached hydrogens (tertiary/aromatic N) is 3. The van der Waals surface area contributed by atoms with Crippen LogP contribution in [0.1, 0.15) is 12.8 Å². The number of aromatic nitrogens is 1. The molecule has 20 heavy (non-hydrogen) atoms. The second kappa shape index (κ2) is 6.56. The minimum absolute atomic E-state index is 0.0552. The average Bonchev–Trinajstić information content (AvgIpc) is 2.45. The summed E-state index contributed by atoms with van der Waals surface area (Å²) in [5, 5.41) is 9.18. The number of carboxylic acid groups (broad SMARTS) is 1. The predicted molar refractivity (Wildman–Crippen MR) is 74.9 cm³/mol. The maximum atomic E-state index is 11.8. The van der Waals surface area contributed by atoms with E-state index in [1.165, 1.54) is 0 Å². The van der Waals surface area contributed by atoms with E-state index >= 15 is 0 Å². The van der Waals surface area contributed by atoms with Gasteiger partial charge in [0.05, 0.1) is 11.4 Å². The Kier molecular flexibility index (Phi) is 4.79. The van der Waals surface area contributed by atoms with Crippen LogP contribution in [-0.4, -0.2) is 53.0 Å². The molecule has 0 unspecified atom stereocenters. The first-order valence-electron chi connectivity index (χ1n) is 6.43. The van der Waals surface area contributed by atoms with Gasteiger partial charge in [0.1, 0.15) is 5.82 Å². The molecule has 0 bridgehead atoms. The summed E-state index contributed by atoms with van der Waals surface area (Å²) < 4.78 is 0. The SMILES string of the molecule is O=C(O)CCC(=O)N1CCN(c2ncccc2Cl)CC1. The highest BCUT2D eigenvalue weighted by atomic mass is 35.5. The number of hydrogen-bond donors (Lipinski definition) is 1. The van der Waals surface area contributed by atoms with E-state index < -0.39 is 5.97 Å². The summed E-state index contributed by atoms with van der Waals surface area (Å²) in [6, 6.07) is 3.56. The molecule has 7 heteroatoms. The molecule has 2 heterocycles. The molecular weight excluding hydrogens is 282 g/mol. The Balaban J connectivity index is 1.88. The molecular formula is C13H16ClN3O3. The van der Waals surface area contributed by atoms with Crippen LogP contribution in [-0.2, 0) is 9.59 Å². The number of piperazine rings is 1. The van der Waals surface area contributed by atoms with Gasteiger partial charge in [-0.1, -0.05) is 11.6 Å². The molecule has 1 aromatic rings. The Labute approximate surface area is 122 Å². The highest BCUT2D eigenvalue weighted by molar-refractivity contribution is 6.32. The topological polar surface area (TPSA) is 73.7 Å². The highest BCUT2D eigenvalue weighted by Crippen LogP contribution is 2.23. The van der Waals surface area contributed by atoms with E-state index in [4.69, 9.17) is 16.7 Å². The summed E-state index contributed by atoms with van der Waals surface area (Å²) in [5.41, 5.74) is 0. The molecule has 0 atom stereocenters. The van der Waals surface area contributed by atoms with E-state index in [-0.39, 0.29) is 18.7 Å². The molecule has 0 aromatic carbocycles. The predicted octanol–water partition coefficient (Wildman–Crippen LogP) is 1.25. The van der Waals surface area contributed by atoms with Gasteiger partial charge in [0.25, 0.3) is 0 Å². The van der Waals surface area contributed by atoms with Crippen LogP contribution in [0.4, 0.5) is 5.82 Å². The number of carbonyl (C=O) groups is 2. The third-order valence-electron chi connectivity index (χ3n) is 3.22. The number of halogens is 1. The van der Waals surface area contributed by atoms with Gasteiger partial charge in [0.2, 0.25) is 5.91 Å². The Morgan fingerprint density at radius 3 is 2.55 bits per heavy atom. The number of carbonyl (C=O) groups excluding carboxylic acids is 1. The van der Waals surface area contributed by atoms with Crippen molar-refractivity contribution in [1.29, 1.82) is 0 Å². The van der Waals surface area contributed by atoms with E-state index in [9.17, 15) is 9.59 Å². The van der Waals surface area contributed by atoms with Crippen molar-refractivity contribution >= 4 is 29.3 Å². The molecule has 1 amide bonds. The van der Waals surface area contributed by atoms with E-state index in [1.54, 1.807) is 23.2 Å². The lowest BCUT2D eigenvalue weighted by Gasteiger charge is -2.35. The Bertz CT molecular complexity index is 501. The zero-order valence-electron chi connectivity index (χ0n) is 11.0. The molecule has 1 aromatic heterocycles. The van der Waals surface area contributed by atoms with Crippen LogP contribution in [0.3, 0.4) is 0 Å². The van der Waals surface area contributed by atoms with Gasteiger partial charge < -0.3 is 14.9 Å². The molecule has 0 radical (unpaired) electrons. The first kappa shape index (κ1) is 14.6. The first-order valence-corrected chi connectivity index (χ1v) is 6.81. The van der Waals surface area contributed by atoms with Crippen molar-refractivity contribution in [2.45, 2.75) is 12.8 Å². The summed E-state index contributed by atoms with van der Waals surface area (Å²) >= 11 is 6.09. The smallest absolute Gasteiger partial charge is 0.303 e. The van der Waals surface area contributed by atoms with Crippen LogP contribution in [0.15, 0.2) is 18.3 Å². The number of aliphatic carboxylic acids is 1. The Morgan fingerprint density at radius 1 is 1.25 bits per heavy atom. The zero-order chi connectivity index (χ0) is 14.5. The maximum absolute atomic E-state index is 11.8. The summed E-state index contributed by atoms with van der Waals surface area (Å²) in [4.78, 5) is 30.2. The fourth-order valence-electron chi connectivity index (χ4n) is 2.15. The third-order valence-corrected chi connectivity index (χ3v) is 3.52. The molecule has 0 aliphatic carbocycles. The van der Waals surface area contributed by atoms with Gasteiger partial charge in [-0.15, -0.1) is 0 Å². The van der Waals surface area contributed by atoms with Crippen LogP contribution >= 0.6 is 11.6 Å². The van der Waals surface area contributed by atoms with Gasteiger partial charge in [-0.2, -0.15) is 0 Å². The van der Waals surface area contributed by atoms with E-state index in [0.717, 1.165) is 5.82 Å². The maximum Gasteiger partial charge on any atom is 0.303 e. The molecule has 1 aliphatic rings. The monoisotopic (exact) mass is 297 g/mol. The molecule has 1 fully saturated rings. The minimum Gasteiger partial charge on any atom is -0.481 e. The lowest BCUT2D eigenvalue weighted by atomic mass is 10.2. The van der Waals surface area contributed by atoms with E-state index in [0.29, 0.717) is 31.2 Å². The molecule has 1 saturated heterocycles. The molecule has 6 nitrogen and oxygen atoms in total. The fraction of sp³-hybridized carbons (Fsp3) is 0.462. The Morgan fingerprint density at radius 2 is 1.95 bits per heavy atom. The van der Waals surface area contributed by atoms with Crippen molar-refractivity contribution in [3.05, 3.63) is 23.4 Å². The van der Waals surface area contributed by atoms with Gasteiger partial charge in [0, 0.05) is 38.8 Å². The Hall–Kier alpha value is -1.82. The molecule has 108 valence electrons. The van der Waals surface area contributed by atoms with Gasteiger partial charge in [-0.25, -0.2) is 4.98 Å². The van der Waals surface area contributed by atoms with Crippen LogP contribution in [0.2, 0.25) is 5.02 Å². The molecule has 2 rings (SSSR count). The first-order chi connectivity index (χ1) is 9.58. The highest BCUT2D eigenvalue weighted by Gasteiger charge is 2.23. The molecule has 0 spiro atoms. The van der Waals surface area contributed by atoms with Crippen molar-refractivity contribution in [2.75, 3.05) is 31.1 Å². The van der Waals surface area contributed by atoms with Crippen molar-refractivity contribution in [2.24, 2.45) is 0 Å². The number of anilines is 1. The minimum atomic E-state index is -0.947. The van der Waals surface area contributed by atoms with Crippen molar-refractivity contribution in [3.8, 4) is 0 Å². The summed E-state index contributed by atoms with van der Waals surface area (Å²) in [6.45, 7) is 2.42. The average molecular weight is 298 g/mol. The molecule has 1 aliphatic heterocycles. The van der Waals surface area contributed by atoms with Gasteiger partial charge in [0.15, 0.2) is 0 Å². The fourth-order valence-corrected chi connectivity index (χ4v) is 2.39. The number of carboxylic acids is 1. The van der Waals surface area contributed by atoms with Gasteiger partial charge in [-0.05, 0) is 12.1 Å². The zero-order valence-corrected chi connectivity index (χ0v) is 11.7. The third kappa shape index (κ3) is 3.60. The van der Waals surface area contributed by atoms with Crippen LogP contribution < -0.4 is 4.90 Å². The number of hydrogen-bond acceptors (Lipinski definition) is 4. The van der Waals surface area contributed by atoms with Crippen molar-refractivity contribution in [3.63, 3.8) is 0 Å². The van der Waals surface area contributed by atoms with Crippen molar-refractivity contribution in [1.82, 2.24) is 9.88 Å². The van der Waals surface area contributed by atoms with Crippen molar-refractivity contribution < 1.29 is 14.7 Å². The van der Waals surface area contributed by atoms with Crippen LogP contribution in [0.5, 0.6) is 0 Å². The lowest BCUT2D eigenvalue weighted by molar-refractivity contribution is -0.141.